The van der Waals surface area contributed by atoms with E-state index in [2.05, 4.69) is 9.97 Å². The molecule has 0 aliphatic carbocycles. The number of hydrogen-bond acceptors (Lipinski definition) is 6. The number of hydrogen-bond donors (Lipinski definition) is 2. The van der Waals surface area contributed by atoms with Gasteiger partial charge in [0.1, 0.15) is 5.52 Å². The Labute approximate surface area is 184 Å². The van der Waals surface area contributed by atoms with Crippen LogP contribution in [0.25, 0.3) is 21.8 Å². The molecule has 0 bridgehead atoms. The molecule has 0 amide bonds. The van der Waals surface area contributed by atoms with Crippen LogP contribution in [0.1, 0.15) is 30.1 Å². The smallest absolute Gasteiger partial charge is 0.340 e. The van der Waals surface area contributed by atoms with Crippen molar-refractivity contribution in [1.29, 1.82) is 0 Å². The lowest BCUT2D eigenvalue weighted by Gasteiger charge is -2.19. The summed E-state index contributed by atoms with van der Waals surface area (Å²) < 4.78 is 34.6. The minimum absolute atomic E-state index is 0.0652. The van der Waals surface area contributed by atoms with Crippen LogP contribution >= 0.6 is 11.8 Å². The zero-order chi connectivity index (χ0) is 22.3. The van der Waals surface area contributed by atoms with Gasteiger partial charge in [-0.3, -0.25) is 4.79 Å². The van der Waals surface area contributed by atoms with E-state index in [1.807, 2.05) is 6.92 Å². The molecule has 0 radical (unpaired) electrons. The number of aromatic amines is 2. The highest BCUT2D eigenvalue weighted by Crippen LogP contribution is 2.30. The molecule has 1 aliphatic heterocycles. The molecule has 9 nitrogen and oxygen atoms in total. The Hall–Kier alpha value is -2.40. The first-order valence-corrected chi connectivity index (χ1v) is 11.7. The Morgan fingerprint density at radius 1 is 1.39 bits per heavy atom. The molecule has 31 heavy (non-hydrogen) atoms. The summed E-state index contributed by atoms with van der Waals surface area (Å²) in [6.07, 6.45) is 2.71. The summed E-state index contributed by atoms with van der Waals surface area (Å²) in [5, 5.41) is 0.794. The molecule has 3 heterocycles. The summed E-state index contributed by atoms with van der Waals surface area (Å²) in [5.74, 6) is -0.569. The maximum atomic E-state index is 13.2. The molecule has 1 fully saturated rings. The second kappa shape index (κ2) is 8.27. The van der Waals surface area contributed by atoms with Crippen molar-refractivity contribution in [3.63, 3.8) is 0 Å². The molecule has 0 spiro atoms. The number of sulfonamides is 1. The van der Waals surface area contributed by atoms with Crippen LogP contribution < -0.4 is 5.56 Å². The summed E-state index contributed by atoms with van der Waals surface area (Å²) in [7, 11) is -2.07. The summed E-state index contributed by atoms with van der Waals surface area (Å²) in [6, 6.07) is 4.42. The lowest BCUT2D eigenvalue weighted by molar-refractivity contribution is 0.0507. The van der Waals surface area contributed by atoms with Gasteiger partial charge >= 0.3 is 5.97 Å². The third kappa shape index (κ3) is 3.84. The number of nitrogens with zero attached hydrogens (tertiary/aromatic N) is 2. The molecule has 1 aromatic carbocycles. The van der Waals surface area contributed by atoms with Gasteiger partial charge in [-0.1, -0.05) is 6.92 Å². The van der Waals surface area contributed by atoms with E-state index >= 15 is 0 Å². The molecule has 1 atom stereocenters. The number of likely N-dealkylation sites (N-methyl/N-ethyl adjacent to an activating group) is 1. The number of nitrogens with one attached hydrogen (secondary N) is 2. The van der Waals surface area contributed by atoms with Crippen molar-refractivity contribution >= 4 is 49.6 Å². The first kappa shape index (κ1) is 21.8. The number of benzene rings is 1. The Balaban J connectivity index is 1.84. The van der Waals surface area contributed by atoms with Crippen LogP contribution in [0.2, 0.25) is 0 Å². The van der Waals surface area contributed by atoms with Gasteiger partial charge in [-0.25, -0.2) is 17.6 Å². The number of pyridine rings is 1. The third-order valence-electron chi connectivity index (χ3n) is 5.54. The summed E-state index contributed by atoms with van der Waals surface area (Å²) >= 11 is 6.01. The molecule has 1 unspecified atom stereocenters. The third-order valence-corrected chi connectivity index (χ3v) is 7.68. The average Bonchev–Trinajstić information content (AvgIpc) is 3.40. The van der Waals surface area contributed by atoms with E-state index in [1.54, 1.807) is 13.1 Å². The van der Waals surface area contributed by atoms with Crippen molar-refractivity contribution in [1.82, 2.24) is 18.7 Å². The quantitative estimate of drug-likeness (QED) is 0.426. The van der Waals surface area contributed by atoms with E-state index in [4.69, 9.17) is 16.5 Å². The lowest BCUT2D eigenvalue weighted by Crippen LogP contribution is -2.32. The minimum atomic E-state index is -3.78. The molecule has 3 aromatic rings. The average molecular weight is 467 g/mol. The molecular weight excluding hydrogens is 444 g/mol. The zero-order valence-electron chi connectivity index (χ0n) is 17.1. The fraction of sp³-hybridized carbons (Fsp3) is 0.400. The highest BCUT2D eigenvalue weighted by Gasteiger charge is 2.34. The van der Waals surface area contributed by atoms with Gasteiger partial charge in [-0.05, 0) is 42.8 Å². The molecule has 1 aliphatic rings. The van der Waals surface area contributed by atoms with Gasteiger partial charge in [0.15, 0.2) is 0 Å². The van der Waals surface area contributed by atoms with Gasteiger partial charge < -0.3 is 14.7 Å². The maximum Gasteiger partial charge on any atom is 0.340 e. The van der Waals surface area contributed by atoms with Crippen molar-refractivity contribution < 1.29 is 17.9 Å². The summed E-state index contributed by atoms with van der Waals surface area (Å²) in [4.78, 5) is 30.6. The van der Waals surface area contributed by atoms with E-state index in [9.17, 15) is 18.0 Å². The number of aromatic nitrogens is 2. The van der Waals surface area contributed by atoms with Gasteiger partial charge in [0.2, 0.25) is 10.0 Å². The standard InChI is InChI=1S/C20H23ClN4O5S/c1-3-8-30-20(27)15-10-22-18-17(15)14-9-13(4-5-16(14)23-19(18)26)31(28,29)25-7-6-12(11-25)24(2)21/h4-5,9-10,12,22H,3,6-8,11H2,1-2H3,(H,23,26). The number of ether oxygens (including phenoxy) is 1. The second-order valence-corrected chi connectivity index (χ2v) is 10.1. The lowest BCUT2D eigenvalue weighted by atomic mass is 10.1. The van der Waals surface area contributed by atoms with Crippen molar-refractivity contribution in [2.75, 3.05) is 26.7 Å². The number of carbonyl (C=O) groups excluding carboxylic acids is 1. The Morgan fingerprint density at radius 3 is 2.84 bits per heavy atom. The van der Waals surface area contributed by atoms with Crippen molar-refractivity contribution in [2.24, 2.45) is 0 Å². The number of esters is 1. The van der Waals surface area contributed by atoms with Gasteiger partial charge in [0.05, 0.1) is 17.1 Å². The Morgan fingerprint density at radius 2 is 2.16 bits per heavy atom. The van der Waals surface area contributed by atoms with Crippen LogP contribution in [0.4, 0.5) is 0 Å². The first-order valence-electron chi connectivity index (χ1n) is 9.97. The van der Waals surface area contributed by atoms with Crippen molar-refractivity contribution in [2.45, 2.75) is 30.7 Å². The molecule has 1 saturated heterocycles. The zero-order valence-corrected chi connectivity index (χ0v) is 18.7. The fourth-order valence-electron chi connectivity index (χ4n) is 3.87. The van der Waals surface area contributed by atoms with E-state index < -0.39 is 21.6 Å². The number of carbonyl (C=O) groups is 1. The van der Waals surface area contributed by atoms with E-state index in [0.29, 0.717) is 42.2 Å². The highest BCUT2D eigenvalue weighted by molar-refractivity contribution is 7.89. The summed E-state index contributed by atoms with van der Waals surface area (Å²) in [5.41, 5.74) is 0.412. The fourth-order valence-corrected chi connectivity index (χ4v) is 5.55. The minimum Gasteiger partial charge on any atom is -0.462 e. The summed E-state index contributed by atoms with van der Waals surface area (Å²) in [6.45, 7) is 2.78. The monoisotopic (exact) mass is 466 g/mol. The van der Waals surface area contributed by atoms with Crippen molar-refractivity contribution in [3.05, 3.63) is 40.3 Å². The predicted molar refractivity (Wildman–Crippen MR) is 118 cm³/mol. The second-order valence-electron chi connectivity index (χ2n) is 7.58. The van der Waals surface area contributed by atoms with Crippen LogP contribution in [-0.4, -0.2) is 65.9 Å². The van der Waals surface area contributed by atoms with E-state index in [-0.39, 0.29) is 28.6 Å². The largest absolute Gasteiger partial charge is 0.462 e. The SMILES string of the molecule is CCCOC(=O)c1c[nH]c2c(=O)[nH]c3ccc(S(=O)(=O)N4CCC(N(C)Cl)C4)cc3c12. The molecule has 166 valence electrons. The topological polar surface area (TPSA) is 116 Å². The molecule has 2 aromatic heterocycles. The number of rotatable bonds is 6. The molecule has 4 rings (SSSR count). The van der Waals surface area contributed by atoms with Crippen LogP contribution in [0.3, 0.4) is 0 Å². The molecular formula is C20H23ClN4O5S. The maximum absolute atomic E-state index is 13.2. The molecule has 2 N–H and O–H groups in total. The molecule has 0 saturated carbocycles. The number of halogens is 1. The van der Waals surface area contributed by atoms with Crippen LogP contribution in [0.15, 0.2) is 34.1 Å². The predicted octanol–water partition coefficient (Wildman–Crippen LogP) is 2.42. The first-order chi connectivity index (χ1) is 14.7. The van der Waals surface area contributed by atoms with Crippen LogP contribution in [-0.2, 0) is 14.8 Å². The van der Waals surface area contributed by atoms with Crippen molar-refractivity contribution in [3.8, 4) is 0 Å². The van der Waals surface area contributed by atoms with Gasteiger partial charge in [-0.15, -0.1) is 0 Å². The number of H-pyrrole nitrogens is 2. The van der Waals surface area contributed by atoms with Crippen LogP contribution in [0.5, 0.6) is 0 Å². The van der Waals surface area contributed by atoms with Crippen LogP contribution in [0, 0.1) is 0 Å². The number of fused-ring (bicyclic) bond motifs is 3. The van der Waals surface area contributed by atoms with E-state index in [1.165, 1.54) is 27.1 Å². The highest BCUT2D eigenvalue weighted by atomic mass is 35.5. The Kier molecular flexibility index (Phi) is 5.82. The molecule has 11 heteroatoms. The van der Waals surface area contributed by atoms with Gasteiger partial charge in [-0.2, -0.15) is 4.31 Å². The van der Waals surface area contributed by atoms with Gasteiger partial charge in [0, 0.05) is 48.7 Å². The van der Waals surface area contributed by atoms with E-state index in [0.717, 1.165) is 0 Å². The normalized spacial score (nSPS) is 17.7. The Bertz CT molecular complexity index is 1310. The van der Waals surface area contributed by atoms with Gasteiger partial charge in [0.25, 0.3) is 5.56 Å².